The van der Waals surface area contributed by atoms with Gasteiger partial charge in [0.2, 0.25) is 29.5 Å². The van der Waals surface area contributed by atoms with E-state index in [1.807, 2.05) is 91.8 Å². The molecule has 0 bridgehead atoms. The molecule has 9 atom stereocenters. The Morgan fingerprint density at radius 1 is 0.595 bits per heavy atom. The van der Waals surface area contributed by atoms with Crippen LogP contribution in [0.25, 0.3) is 0 Å². The molecule has 0 spiro atoms. The predicted octanol–water partition coefficient (Wildman–Crippen LogP) is 5.63. The van der Waals surface area contributed by atoms with Crippen molar-refractivity contribution in [3.8, 4) is 0 Å². The zero-order valence-electron chi connectivity index (χ0n) is 44.7. The van der Waals surface area contributed by atoms with Gasteiger partial charge in [0.15, 0.2) is 0 Å². The maximum Gasteiger partial charge on any atom is 0.251 e. The average Bonchev–Trinajstić information content (AvgIpc) is 3.98. The van der Waals surface area contributed by atoms with E-state index in [0.717, 1.165) is 55.2 Å². The van der Waals surface area contributed by atoms with Crippen LogP contribution in [0.3, 0.4) is 0 Å². The standard InChI is InChI=1S/C58H78N8O8/c1-33(2)48(67)30-43(57(4,5)6)55(73)65-31-39(28-46(65)53(71)62-44-22-14-18-35-16-10-12-20-41(35)44)60-51(69)37-24-26-38(27-25-37)52(70)61-40-29-47(54(72)63-45-23-15-19-36-17-11-13-21-42(36)45)66(32-40)56(74)49(58(7,8)9)64-50(68)34(3)59/h10-13,16-17,20-21,24-27,33-34,39-40,43-47,49H,14-15,18-19,22-23,28-32,59H2,1-9H3,(H,60,69)(H,61,70)(H,62,71)(H,63,72)(H,64,68)/t34-,39-,40-,43+,44+,45+,46-,47-,49+/m0/s1. The largest absolute Gasteiger partial charge is 0.347 e. The van der Waals surface area contributed by atoms with E-state index in [-0.39, 0.29) is 85.0 Å². The van der Waals surface area contributed by atoms with Crippen molar-refractivity contribution in [2.45, 2.75) is 168 Å². The number of Topliss-reactive ketones (excluding diaryl/α,β-unsaturated/α-hetero) is 1. The Labute approximate surface area is 436 Å². The number of aryl methyl sites for hydroxylation is 2. The summed E-state index contributed by atoms with van der Waals surface area (Å²) >= 11 is 0. The van der Waals surface area contributed by atoms with Crippen LogP contribution >= 0.6 is 0 Å². The lowest BCUT2D eigenvalue weighted by Crippen LogP contribution is -2.59. The molecular formula is C58H78N8O8. The fraction of sp³-hybridized carbons (Fsp3) is 0.552. The molecule has 398 valence electrons. The van der Waals surface area contributed by atoms with Crippen LogP contribution in [0.1, 0.15) is 162 Å². The number of amides is 7. The summed E-state index contributed by atoms with van der Waals surface area (Å²) in [4.78, 5) is 115. The van der Waals surface area contributed by atoms with Crippen molar-refractivity contribution in [1.29, 1.82) is 0 Å². The minimum atomic E-state index is -1.02. The predicted molar refractivity (Wildman–Crippen MR) is 282 cm³/mol. The zero-order chi connectivity index (χ0) is 53.8. The van der Waals surface area contributed by atoms with Crippen LogP contribution in [0.4, 0.5) is 0 Å². The lowest BCUT2D eigenvalue weighted by molar-refractivity contribution is -0.146. The number of hydrogen-bond donors (Lipinski definition) is 6. The van der Waals surface area contributed by atoms with Gasteiger partial charge in [-0.2, -0.15) is 0 Å². The number of benzene rings is 3. The Bertz CT molecular complexity index is 2420. The summed E-state index contributed by atoms with van der Waals surface area (Å²) in [5.41, 5.74) is 9.48. The molecule has 3 aromatic rings. The molecule has 2 fully saturated rings. The average molecular weight is 1020 g/mol. The molecule has 16 heteroatoms. The van der Waals surface area contributed by atoms with Crippen molar-refractivity contribution in [1.82, 2.24) is 36.4 Å². The fourth-order valence-corrected chi connectivity index (χ4v) is 11.0. The van der Waals surface area contributed by atoms with Crippen LogP contribution in [0, 0.1) is 22.7 Å². The first-order chi connectivity index (χ1) is 34.9. The number of nitrogens with zero attached hydrogens (tertiary/aromatic N) is 2. The topological polar surface area (TPSA) is 229 Å². The molecule has 3 aromatic carbocycles. The lowest BCUT2D eigenvalue weighted by atomic mass is 9.76. The first-order valence-electron chi connectivity index (χ1n) is 26.6. The second-order valence-electron chi connectivity index (χ2n) is 23.5. The van der Waals surface area contributed by atoms with Crippen molar-refractivity contribution in [2.24, 2.45) is 28.4 Å². The van der Waals surface area contributed by atoms with Crippen LogP contribution in [0.5, 0.6) is 0 Å². The smallest absolute Gasteiger partial charge is 0.251 e. The molecule has 2 aliphatic carbocycles. The zero-order valence-corrected chi connectivity index (χ0v) is 44.7. The highest BCUT2D eigenvalue weighted by atomic mass is 16.2. The molecule has 0 radical (unpaired) electrons. The fourth-order valence-electron chi connectivity index (χ4n) is 11.0. The van der Waals surface area contributed by atoms with E-state index in [0.29, 0.717) is 0 Å². The molecule has 2 heterocycles. The summed E-state index contributed by atoms with van der Waals surface area (Å²) in [6.45, 7) is 16.4. The molecule has 2 aliphatic heterocycles. The molecule has 0 unspecified atom stereocenters. The summed E-state index contributed by atoms with van der Waals surface area (Å²) < 4.78 is 0. The number of carbonyl (C=O) groups excluding carboxylic acids is 8. The molecule has 74 heavy (non-hydrogen) atoms. The lowest BCUT2D eigenvalue weighted by Gasteiger charge is -2.36. The molecule has 7 rings (SSSR count). The summed E-state index contributed by atoms with van der Waals surface area (Å²) in [6.07, 6.45) is 5.43. The number of nitrogens with one attached hydrogen (secondary N) is 5. The summed E-state index contributed by atoms with van der Waals surface area (Å²) in [5, 5.41) is 15.3. The summed E-state index contributed by atoms with van der Waals surface area (Å²) in [7, 11) is 0. The second-order valence-corrected chi connectivity index (χ2v) is 23.5. The van der Waals surface area contributed by atoms with E-state index in [1.54, 1.807) is 4.90 Å². The number of hydrogen-bond acceptors (Lipinski definition) is 9. The summed E-state index contributed by atoms with van der Waals surface area (Å²) in [5.74, 6) is -3.87. The van der Waals surface area contributed by atoms with Gasteiger partial charge in [0.05, 0.1) is 18.1 Å². The van der Waals surface area contributed by atoms with Crippen LogP contribution in [0.15, 0.2) is 72.8 Å². The number of rotatable bonds is 15. The van der Waals surface area contributed by atoms with Crippen LogP contribution in [0.2, 0.25) is 0 Å². The molecule has 0 aromatic heterocycles. The molecule has 7 amide bonds. The minimum absolute atomic E-state index is 0.00341. The number of likely N-dealkylation sites (tertiary alicyclic amines) is 2. The van der Waals surface area contributed by atoms with Gasteiger partial charge in [-0.15, -0.1) is 0 Å². The van der Waals surface area contributed by atoms with E-state index in [1.165, 1.54) is 41.7 Å². The molecule has 16 nitrogen and oxygen atoms in total. The van der Waals surface area contributed by atoms with Gasteiger partial charge in [-0.3, -0.25) is 38.4 Å². The van der Waals surface area contributed by atoms with Crippen molar-refractivity contribution in [3.05, 3.63) is 106 Å². The molecule has 7 N–H and O–H groups in total. The van der Waals surface area contributed by atoms with E-state index in [2.05, 4.69) is 38.7 Å². The van der Waals surface area contributed by atoms with Gasteiger partial charge >= 0.3 is 0 Å². The molecule has 0 saturated carbocycles. The normalized spacial score (nSPS) is 22.9. The Morgan fingerprint density at radius 3 is 1.43 bits per heavy atom. The highest BCUT2D eigenvalue weighted by Gasteiger charge is 2.48. The highest BCUT2D eigenvalue weighted by Crippen LogP contribution is 2.36. The van der Waals surface area contributed by atoms with Gasteiger partial charge in [-0.25, -0.2) is 0 Å². The Kier molecular flexibility index (Phi) is 17.2. The van der Waals surface area contributed by atoms with E-state index >= 15 is 0 Å². The third-order valence-electron chi connectivity index (χ3n) is 15.4. The van der Waals surface area contributed by atoms with Crippen molar-refractivity contribution in [3.63, 3.8) is 0 Å². The van der Waals surface area contributed by atoms with Crippen LogP contribution < -0.4 is 32.3 Å². The maximum atomic E-state index is 14.6. The Balaban J connectivity index is 1.05. The van der Waals surface area contributed by atoms with E-state index < -0.39 is 76.6 Å². The van der Waals surface area contributed by atoms with Gasteiger partial charge in [-0.05, 0) is 116 Å². The van der Waals surface area contributed by atoms with E-state index in [4.69, 9.17) is 5.73 Å². The highest BCUT2D eigenvalue weighted by molar-refractivity contribution is 5.99. The Morgan fingerprint density at radius 2 is 1.03 bits per heavy atom. The van der Waals surface area contributed by atoms with Gasteiger partial charge in [0.1, 0.15) is 23.9 Å². The Hall–Kier alpha value is -6.42. The molecular weight excluding hydrogens is 937 g/mol. The third-order valence-corrected chi connectivity index (χ3v) is 15.4. The third kappa shape index (κ3) is 12.9. The van der Waals surface area contributed by atoms with Gasteiger partial charge in [-0.1, -0.05) is 104 Å². The second kappa shape index (κ2) is 23.0. The van der Waals surface area contributed by atoms with Crippen molar-refractivity contribution < 1.29 is 38.4 Å². The number of fused-ring (bicyclic) bond motifs is 2. The molecule has 4 aliphatic rings. The first kappa shape index (κ1) is 55.3. The quantitative estimate of drug-likeness (QED) is 0.111. The maximum absolute atomic E-state index is 14.6. The number of nitrogens with two attached hydrogens (primary N) is 1. The van der Waals surface area contributed by atoms with Gasteiger partial charge in [0.25, 0.3) is 11.8 Å². The SMILES string of the molecule is CC(C)C(=O)C[C@H](C(=O)N1C[C@@H](NC(=O)c2ccc(C(=O)N[C@H]3C[C@@H](C(=O)N[C@@H]4CCCc5ccccc54)N(C(=O)[C@@H](NC(=O)[C@H](C)N)C(C)(C)C)C3)cc2)C[C@H]1C(=O)N[C@@H]1CCCc2ccccc21)C(C)(C)C. The van der Waals surface area contributed by atoms with Crippen molar-refractivity contribution >= 4 is 47.1 Å². The van der Waals surface area contributed by atoms with E-state index in [9.17, 15) is 38.4 Å². The van der Waals surface area contributed by atoms with Crippen LogP contribution in [-0.2, 0) is 41.6 Å². The summed E-state index contributed by atoms with van der Waals surface area (Å²) in [6, 6.07) is 16.7. The van der Waals surface area contributed by atoms with Gasteiger partial charge in [0, 0.05) is 54.6 Å². The minimum Gasteiger partial charge on any atom is -0.347 e. The first-order valence-corrected chi connectivity index (χ1v) is 26.6. The van der Waals surface area contributed by atoms with Gasteiger partial charge < -0.3 is 42.1 Å². The number of carbonyl (C=O) groups is 8. The van der Waals surface area contributed by atoms with Crippen LogP contribution in [-0.4, -0.2) is 106 Å². The molecule has 2 saturated heterocycles. The van der Waals surface area contributed by atoms with Crippen molar-refractivity contribution in [2.75, 3.05) is 13.1 Å². The monoisotopic (exact) mass is 1010 g/mol. The number of ketones is 1.